The van der Waals surface area contributed by atoms with E-state index in [9.17, 15) is 5.11 Å². The molecule has 0 radical (unpaired) electrons. The van der Waals surface area contributed by atoms with Crippen LogP contribution in [0, 0.1) is 0 Å². The van der Waals surface area contributed by atoms with Crippen molar-refractivity contribution in [2.45, 2.75) is 64.0 Å². The maximum Gasteiger partial charge on any atom is 0.199 e. The monoisotopic (exact) mass is 506 g/mol. The van der Waals surface area contributed by atoms with Crippen molar-refractivity contribution in [3.8, 4) is 5.88 Å². The van der Waals surface area contributed by atoms with E-state index in [1.807, 2.05) is 18.2 Å². The number of nitrogens with zero attached hydrogens (tertiary/aromatic N) is 2. The predicted octanol–water partition coefficient (Wildman–Crippen LogP) is 7.77. The summed E-state index contributed by atoms with van der Waals surface area (Å²) in [6, 6.07) is 25.6. The van der Waals surface area contributed by atoms with E-state index >= 15 is 0 Å². The van der Waals surface area contributed by atoms with Crippen molar-refractivity contribution in [1.82, 2.24) is 9.88 Å². The van der Waals surface area contributed by atoms with Gasteiger partial charge in [-0.05, 0) is 74.7 Å². The molecule has 1 aliphatic carbocycles. The van der Waals surface area contributed by atoms with Crippen molar-refractivity contribution in [3.05, 3.63) is 89.5 Å². The number of aromatic amines is 1. The number of hydrogen-bond donors (Lipinski definition) is 3. The van der Waals surface area contributed by atoms with Gasteiger partial charge in [0, 0.05) is 34.7 Å². The lowest BCUT2D eigenvalue weighted by Crippen LogP contribution is -2.28. The Morgan fingerprint density at radius 2 is 1.61 bits per heavy atom. The van der Waals surface area contributed by atoms with Crippen molar-refractivity contribution in [2.24, 2.45) is 4.99 Å². The number of aliphatic imine (C=N–C) groups is 1. The van der Waals surface area contributed by atoms with Gasteiger partial charge in [0.25, 0.3) is 0 Å². The van der Waals surface area contributed by atoms with Crippen LogP contribution in [0.2, 0.25) is 0 Å². The molecule has 38 heavy (non-hydrogen) atoms. The second kappa shape index (κ2) is 11.4. The number of aromatic hydroxyl groups is 1. The molecule has 0 amide bonds. The average Bonchev–Trinajstić information content (AvgIpc) is 3.29. The SMILES string of the molecule is Oc1[nH]c2ccc(NC3CCCCC3)cc2c1C(=Nc1ccc(CN2CCCCC2)cc1)c1ccccc1. The summed E-state index contributed by atoms with van der Waals surface area (Å²) >= 11 is 0. The predicted molar refractivity (Wildman–Crippen MR) is 158 cm³/mol. The Bertz CT molecular complexity index is 1380. The summed E-state index contributed by atoms with van der Waals surface area (Å²) in [6.07, 6.45) is 10.3. The molecule has 4 aromatic rings. The lowest BCUT2D eigenvalue weighted by Gasteiger charge is -2.26. The van der Waals surface area contributed by atoms with Crippen LogP contribution >= 0.6 is 0 Å². The van der Waals surface area contributed by atoms with Crippen LogP contribution < -0.4 is 5.32 Å². The van der Waals surface area contributed by atoms with Crippen LogP contribution in [-0.4, -0.2) is 39.8 Å². The summed E-state index contributed by atoms with van der Waals surface area (Å²) in [5, 5.41) is 15.8. The van der Waals surface area contributed by atoms with Gasteiger partial charge in [-0.15, -0.1) is 0 Å². The van der Waals surface area contributed by atoms with Gasteiger partial charge in [0.2, 0.25) is 0 Å². The highest BCUT2D eigenvalue weighted by atomic mass is 16.3. The molecule has 1 saturated heterocycles. The zero-order valence-electron chi connectivity index (χ0n) is 22.1. The van der Waals surface area contributed by atoms with E-state index < -0.39 is 0 Å². The molecule has 1 aromatic heterocycles. The second-order valence-corrected chi connectivity index (χ2v) is 10.9. The first-order valence-corrected chi connectivity index (χ1v) is 14.3. The molecular formula is C33H38N4O. The molecule has 0 spiro atoms. The molecule has 196 valence electrons. The van der Waals surface area contributed by atoms with E-state index in [1.165, 1.54) is 70.0 Å². The van der Waals surface area contributed by atoms with E-state index in [-0.39, 0.29) is 5.88 Å². The summed E-state index contributed by atoms with van der Waals surface area (Å²) in [7, 11) is 0. The number of anilines is 1. The Kier molecular flexibility index (Phi) is 7.45. The highest BCUT2D eigenvalue weighted by Crippen LogP contribution is 2.34. The largest absolute Gasteiger partial charge is 0.494 e. The minimum Gasteiger partial charge on any atom is -0.494 e. The molecular weight excluding hydrogens is 468 g/mol. The number of benzene rings is 3. The fourth-order valence-corrected chi connectivity index (χ4v) is 6.03. The average molecular weight is 507 g/mol. The fraction of sp³-hybridized carbons (Fsp3) is 0.364. The van der Waals surface area contributed by atoms with Crippen LogP contribution in [-0.2, 0) is 6.54 Å². The van der Waals surface area contributed by atoms with Crippen molar-refractivity contribution < 1.29 is 5.11 Å². The summed E-state index contributed by atoms with van der Waals surface area (Å²) in [6.45, 7) is 3.38. The third-order valence-electron chi connectivity index (χ3n) is 8.07. The number of fused-ring (bicyclic) bond motifs is 1. The van der Waals surface area contributed by atoms with E-state index in [2.05, 4.69) is 69.8 Å². The van der Waals surface area contributed by atoms with Gasteiger partial charge in [-0.3, -0.25) is 4.90 Å². The molecule has 5 heteroatoms. The summed E-state index contributed by atoms with van der Waals surface area (Å²) in [4.78, 5) is 10.8. The topological polar surface area (TPSA) is 63.6 Å². The number of likely N-dealkylation sites (tertiary alicyclic amines) is 1. The van der Waals surface area contributed by atoms with Gasteiger partial charge in [-0.25, -0.2) is 4.99 Å². The minimum absolute atomic E-state index is 0.152. The number of rotatable bonds is 7. The zero-order chi connectivity index (χ0) is 25.7. The van der Waals surface area contributed by atoms with Gasteiger partial charge in [-0.1, -0.05) is 68.1 Å². The maximum absolute atomic E-state index is 11.1. The molecule has 6 rings (SSSR count). The molecule has 5 nitrogen and oxygen atoms in total. The number of H-pyrrole nitrogens is 1. The van der Waals surface area contributed by atoms with Gasteiger partial charge in [0.05, 0.1) is 17.0 Å². The summed E-state index contributed by atoms with van der Waals surface area (Å²) in [5.74, 6) is 0.152. The fourth-order valence-electron chi connectivity index (χ4n) is 6.03. The molecule has 1 saturated carbocycles. The van der Waals surface area contributed by atoms with Crippen LogP contribution in [0.4, 0.5) is 11.4 Å². The van der Waals surface area contributed by atoms with Gasteiger partial charge in [-0.2, -0.15) is 0 Å². The Hall–Kier alpha value is -3.57. The molecule has 0 unspecified atom stereocenters. The second-order valence-electron chi connectivity index (χ2n) is 10.9. The quantitative estimate of drug-likeness (QED) is 0.224. The lowest BCUT2D eigenvalue weighted by molar-refractivity contribution is 0.221. The Morgan fingerprint density at radius 1 is 0.868 bits per heavy atom. The first-order chi connectivity index (χ1) is 18.7. The van der Waals surface area contributed by atoms with Crippen molar-refractivity contribution in [3.63, 3.8) is 0 Å². The van der Waals surface area contributed by atoms with Gasteiger partial charge in [0.1, 0.15) is 0 Å². The summed E-state index contributed by atoms with van der Waals surface area (Å²) < 4.78 is 0. The molecule has 3 aromatic carbocycles. The lowest BCUT2D eigenvalue weighted by atomic mass is 9.95. The Labute approximate surface area is 225 Å². The number of nitrogens with one attached hydrogen (secondary N) is 2. The van der Waals surface area contributed by atoms with Crippen LogP contribution in [0.25, 0.3) is 10.9 Å². The first-order valence-electron chi connectivity index (χ1n) is 14.3. The molecule has 2 heterocycles. The highest BCUT2D eigenvalue weighted by molar-refractivity contribution is 6.22. The minimum atomic E-state index is 0.152. The number of piperidine rings is 1. The van der Waals surface area contributed by atoms with Gasteiger partial charge < -0.3 is 15.4 Å². The van der Waals surface area contributed by atoms with Crippen molar-refractivity contribution >= 4 is 28.0 Å². The number of aromatic nitrogens is 1. The zero-order valence-corrected chi connectivity index (χ0v) is 22.1. The van der Waals surface area contributed by atoms with Crippen LogP contribution in [0.15, 0.2) is 77.8 Å². The third-order valence-corrected chi connectivity index (χ3v) is 8.07. The van der Waals surface area contributed by atoms with Crippen LogP contribution in [0.3, 0.4) is 0 Å². The molecule has 3 N–H and O–H groups in total. The molecule has 1 aliphatic heterocycles. The van der Waals surface area contributed by atoms with E-state index in [0.717, 1.165) is 45.7 Å². The third kappa shape index (κ3) is 5.63. The Balaban J connectivity index is 1.35. The van der Waals surface area contributed by atoms with Crippen molar-refractivity contribution in [1.29, 1.82) is 0 Å². The standard InChI is InChI=1S/C33H38N4O/c38-33-31(29-22-28(18-19-30(29)36-33)34-26-12-6-2-7-13-26)32(25-10-4-1-5-11-25)35-27-16-14-24(15-17-27)23-37-20-8-3-9-21-37/h1,4-5,10-11,14-19,22,26,34,36,38H,2-3,6-9,12-13,20-21,23H2. The van der Waals surface area contributed by atoms with E-state index in [4.69, 9.17) is 4.99 Å². The first kappa shape index (κ1) is 24.7. The smallest absolute Gasteiger partial charge is 0.199 e. The van der Waals surface area contributed by atoms with Gasteiger partial charge >= 0.3 is 0 Å². The van der Waals surface area contributed by atoms with Crippen molar-refractivity contribution in [2.75, 3.05) is 18.4 Å². The van der Waals surface area contributed by atoms with Crippen LogP contribution in [0.1, 0.15) is 68.1 Å². The summed E-state index contributed by atoms with van der Waals surface area (Å²) in [5.41, 5.74) is 6.71. The molecule has 2 aliphatic rings. The number of hydrogen-bond acceptors (Lipinski definition) is 4. The van der Waals surface area contributed by atoms with E-state index in [0.29, 0.717) is 6.04 Å². The molecule has 2 fully saturated rings. The molecule has 0 bridgehead atoms. The highest BCUT2D eigenvalue weighted by Gasteiger charge is 2.20. The molecule has 0 atom stereocenters. The van der Waals surface area contributed by atoms with Gasteiger partial charge in [0.15, 0.2) is 5.88 Å². The maximum atomic E-state index is 11.1. The normalized spacial score (nSPS) is 17.6. The van der Waals surface area contributed by atoms with E-state index in [1.54, 1.807) is 0 Å². The Morgan fingerprint density at radius 3 is 2.37 bits per heavy atom. The van der Waals surface area contributed by atoms with Crippen LogP contribution in [0.5, 0.6) is 5.88 Å².